The van der Waals surface area contributed by atoms with Gasteiger partial charge >= 0.3 is 0 Å². The Kier molecular flexibility index (Phi) is 3.43. The molecule has 0 aromatic heterocycles. The molecule has 0 atom stereocenters. The van der Waals surface area contributed by atoms with Crippen LogP contribution in [-0.4, -0.2) is 25.0 Å². The van der Waals surface area contributed by atoms with E-state index in [0.29, 0.717) is 6.33 Å². The van der Waals surface area contributed by atoms with Gasteiger partial charge in [0.05, 0.1) is 6.20 Å². The second-order valence-electron chi connectivity index (χ2n) is 1.66. The summed E-state index contributed by atoms with van der Waals surface area (Å²) < 4.78 is 11.3. The molecule has 0 spiro atoms. The van der Waals surface area contributed by atoms with Crippen LogP contribution < -0.4 is 5.73 Å². The predicted octanol–water partition coefficient (Wildman–Crippen LogP) is 0.303. The molecule has 9 heavy (non-hydrogen) atoms. The average molecular weight is 131 g/mol. The first-order valence-electron chi connectivity index (χ1n) is 2.44. The van der Waals surface area contributed by atoms with Crippen molar-refractivity contribution in [2.24, 2.45) is 10.7 Å². The molecule has 0 fully saturated rings. The normalized spacial score (nSPS) is 12.6. The highest BCUT2D eigenvalue weighted by atomic mass is 19.1. The first-order chi connectivity index (χ1) is 4.18. The van der Waals surface area contributed by atoms with Crippen molar-refractivity contribution in [2.75, 3.05) is 14.1 Å². The molecule has 3 nitrogen and oxygen atoms in total. The van der Waals surface area contributed by atoms with Crippen molar-refractivity contribution in [1.82, 2.24) is 4.90 Å². The third kappa shape index (κ3) is 3.52. The number of aliphatic imine (C=N–C) groups is 1. The molecule has 0 aliphatic carbocycles. The van der Waals surface area contributed by atoms with Crippen LogP contribution in [0.25, 0.3) is 0 Å². The molecule has 4 heteroatoms. The van der Waals surface area contributed by atoms with Crippen molar-refractivity contribution in [3.63, 3.8) is 0 Å². The fourth-order valence-electron chi connectivity index (χ4n) is 0.220. The summed E-state index contributed by atoms with van der Waals surface area (Å²) in [5, 5.41) is 0. The summed E-state index contributed by atoms with van der Waals surface area (Å²) in [6.07, 6.45) is 1.33. The van der Waals surface area contributed by atoms with Gasteiger partial charge in [0, 0.05) is 14.1 Å². The van der Waals surface area contributed by atoms with Gasteiger partial charge in [0.2, 0.25) is 0 Å². The Morgan fingerprint density at radius 2 is 2.22 bits per heavy atom. The van der Waals surface area contributed by atoms with Gasteiger partial charge in [-0.25, -0.2) is 9.38 Å². The van der Waals surface area contributed by atoms with E-state index in [4.69, 9.17) is 5.73 Å². The standard InChI is InChI=1S/C5H10FN3/c1-9(2)5(7)8-4-3-6/h3-4H,1-2H3,(H2,7,8)/b4-3+. The third-order valence-electron chi connectivity index (χ3n) is 0.721. The Labute approximate surface area is 53.7 Å². The summed E-state index contributed by atoms with van der Waals surface area (Å²) >= 11 is 0. The van der Waals surface area contributed by atoms with Crippen molar-refractivity contribution in [1.29, 1.82) is 0 Å². The van der Waals surface area contributed by atoms with Crippen LogP contribution in [-0.2, 0) is 0 Å². The van der Waals surface area contributed by atoms with E-state index >= 15 is 0 Å². The number of hydrogen-bond acceptors (Lipinski definition) is 1. The number of halogens is 1. The Bertz CT molecular complexity index is 128. The zero-order chi connectivity index (χ0) is 7.28. The van der Waals surface area contributed by atoms with Crippen LogP contribution in [0, 0.1) is 0 Å². The molecule has 0 saturated carbocycles. The maximum Gasteiger partial charge on any atom is 0.195 e. The predicted molar refractivity (Wildman–Crippen MR) is 35.6 cm³/mol. The smallest absolute Gasteiger partial charge is 0.195 e. The lowest BCUT2D eigenvalue weighted by Gasteiger charge is -2.07. The molecule has 0 amide bonds. The lowest BCUT2D eigenvalue weighted by Crippen LogP contribution is -2.29. The van der Waals surface area contributed by atoms with E-state index in [9.17, 15) is 4.39 Å². The second-order valence-corrected chi connectivity index (χ2v) is 1.66. The minimum Gasteiger partial charge on any atom is -0.370 e. The van der Waals surface area contributed by atoms with Gasteiger partial charge in [0.1, 0.15) is 6.33 Å². The molecular weight excluding hydrogens is 121 g/mol. The molecule has 0 radical (unpaired) electrons. The molecule has 0 heterocycles. The maximum atomic E-state index is 11.3. The minimum absolute atomic E-state index is 0.281. The number of rotatable bonds is 1. The number of nitrogens with two attached hydrogens (primary N) is 1. The van der Waals surface area contributed by atoms with Gasteiger partial charge in [0.25, 0.3) is 0 Å². The maximum absolute atomic E-state index is 11.3. The van der Waals surface area contributed by atoms with E-state index in [-0.39, 0.29) is 5.96 Å². The quantitative estimate of drug-likeness (QED) is 0.411. The van der Waals surface area contributed by atoms with Gasteiger partial charge in [0.15, 0.2) is 5.96 Å². The van der Waals surface area contributed by atoms with E-state index in [1.54, 1.807) is 19.0 Å². The lowest BCUT2D eigenvalue weighted by molar-refractivity contribution is 0.613. The fraction of sp³-hybridized carbons (Fsp3) is 0.400. The van der Waals surface area contributed by atoms with Crippen molar-refractivity contribution < 1.29 is 4.39 Å². The van der Waals surface area contributed by atoms with Gasteiger partial charge in [-0.15, -0.1) is 0 Å². The molecule has 52 valence electrons. The van der Waals surface area contributed by atoms with Crippen molar-refractivity contribution in [3.8, 4) is 0 Å². The molecule has 0 rings (SSSR count). The molecule has 0 aliphatic heterocycles. The average Bonchev–Trinajstić information content (AvgIpc) is 1.82. The van der Waals surface area contributed by atoms with Crippen LogP contribution in [0.2, 0.25) is 0 Å². The van der Waals surface area contributed by atoms with Crippen LogP contribution in [0.4, 0.5) is 4.39 Å². The van der Waals surface area contributed by atoms with Crippen LogP contribution in [0.3, 0.4) is 0 Å². The topological polar surface area (TPSA) is 41.6 Å². The Morgan fingerprint density at radius 3 is 2.56 bits per heavy atom. The minimum atomic E-state index is 0.281. The van der Waals surface area contributed by atoms with Gasteiger partial charge in [-0.05, 0) is 0 Å². The molecule has 0 aromatic carbocycles. The number of nitrogens with zero attached hydrogens (tertiary/aromatic N) is 2. The summed E-state index contributed by atoms with van der Waals surface area (Å²) in [7, 11) is 3.45. The molecule has 0 unspecified atom stereocenters. The summed E-state index contributed by atoms with van der Waals surface area (Å²) in [5.41, 5.74) is 5.26. The summed E-state index contributed by atoms with van der Waals surface area (Å²) in [5.74, 6) is 0.281. The van der Waals surface area contributed by atoms with Gasteiger partial charge in [-0.3, -0.25) is 0 Å². The molecule has 0 aromatic rings. The SMILES string of the molecule is CN(C)/C(N)=N\C=C\F. The molecule has 0 bridgehead atoms. The summed E-state index contributed by atoms with van der Waals surface area (Å²) in [4.78, 5) is 5.09. The summed E-state index contributed by atoms with van der Waals surface area (Å²) in [6.45, 7) is 0. The monoisotopic (exact) mass is 131 g/mol. The van der Waals surface area contributed by atoms with Crippen LogP contribution >= 0.6 is 0 Å². The first-order valence-corrected chi connectivity index (χ1v) is 2.44. The Morgan fingerprint density at radius 1 is 1.67 bits per heavy atom. The zero-order valence-electron chi connectivity index (χ0n) is 5.50. The van der Waals surface area contributed by atoms with Crippen molar-refractivity contribution in [3.05, 3.63) is 12.5 Å². The molecule has 0 saturated heterocycles. The Hall–Kier alpha value is -1.06. The van der Waals surface area contributed by atoms with Crippen molar-refractivity contribution >= 4 is 5.96 Å². The third-order valence-corrected chi connectivity index (χ3v) is 0.721. The number of hydrogen-bond donors (Lipinski definition) is 1. The van der Waals surface area contributed by atoms with E-state index < -0.39 is 0 Å². The molecule has 0 aliphatic rings. The largest absolute Gasteiger partial charge is 0.370 e. The first kappa shape index (κ1) is 7.94. The fourth-order valence-corrected chi connectivity index (χ4v) is 0.220. The van der Waals surface area contributed by atoms with E-state index in [2.05, 4.69) is 4.99 Å². The Balaban J connectivity index is 3.84. The van der Waals surface area contributed by atoms with Gasteiger partial charge < -0.3 is 10.6 Å². The molecule has 2 N–H and O–H groups in total. The highest BCUT2D eigenvalue weighted by Crippen LogP contribution is 1.78. The number of guanidine groups is 1. The highest BCUT2D eigenvalue weighted by molar-refractivity contribution is 5.77. The van der Waals surface area contributed by atoms with Crippen LogP contribution in [0.5, 0.6) is 0 Å². The zero-order valence-corrected chi connectivity index (χ0v) is 5.50. The molecular formula is C5H10FN3. The van der Waals surface area contributed by atoms with Gasteiger partial charge in [-0.2, -0.15) is 0 Å². The van der Waals surface area contributed by atoms with Crippen LogP contribution in [0.1, 0.15) is 0 Å². The van der Waals surface area contributed by atoms with Crippen molar-refractivity contribution in [2.45, 2.75) is 0 Å². The van der Waals surface area contributed by atoms with Gasteiger partial charge in [-0.1, -0.05) is 0 Å². The van der Waals surface area contributed by atoms with E-state index in [0.717, 1.165) is 6.20 Å². The van der Waals surface area contributed by atoms with E-state index in [1.807, 2.05) is 0 Å². The second kappa shape index (κ2) is 3.88. The highest BCUT2D eigenvalue weighted by Gasteiger charge is 1.88. The van der Waals surface area contributed by atoms with Crippen LogP contribution in [0.15, 0.2) is 17.5 Å². The van der Waals surface area contributed by atoms with E-state index in [1.165, 1.54) is 0 Å². The lowest BCUT2D eigenvalue weighted by atomic mass is 10.8. The summed E-state index contributed by atoms with van der Waals surface area (Å²) in [6, 6.07) is 0.